The molecular weight excluding hydrogens is 256 g/mol. The predicted octanol–water partition coefficient (Wildman–Crippen LogP) is 4.87. The van der Waals surface area contributed by atoms with Crippen LogP contribution >= 0.6 is 0 Å². The highest BCUT2D eigenvalue weighted by atomic mass is 16.3. The van der Waals surface area contributed by atoms with Crippen molar-refractivity contribution in [1.82, 2.24) is 0 Å². The normalized spacial score (nSPS) is 55.4. The van der Waals surface area contributed by atoms with Crippen molar-refractivity contribution in [2.45, 2.75) is 71.3 Å². The Morgan fingerprint density at radius 3 is 2.67 bits per heavy atom. The minimum atomic E-state index is -0.462. The van der Waals surface area contributed by atoms with Gasteiger partial charge in [0.2, 0.25) is 0 Å². The molecule has 0 aliphatic heterocycles. The van der Waals surface area contributed by atoms with Gasteiger partial charge in [0, 0.05) is 0 Å². The Kier molecular flexibility index (Phi) is 2.85. The zero-order valence-corrected chi connectivity index (χ0v) is 13.9. The van der Waals surface area contributed by atoms with Crippen molar-refractivity contribution in [3.63, 3.8) is 0 Å². The Labute approximate surface area is 129 Å². The number of aliphatic hydroxyl groups is 1. The number of rotatable bonds is 0. The van der Waals surface area contributed by atoms with Crippen LogP contribution in [0, 0.1) is 28.6 Å². The van der Waals surface area contributed by atoms with Crippen LogP contribution in [0.4, 0.5) is 0 Å². The SMILES string of the molecule is CC12C=CCC1C1CC=C3C[C@@](C)(O)CCC3(C)C1CC2. The molecule has 0 radical (unpaired) electrons. The van der Waals surface area contributed by atoms with Gasteiger partial charge in [0.25, 0.3) is 0 Å². The molecule has 1 N–H and O–H groups in total. The van der Waals surface area contributed by atoms with Crippen molar-refractivity contribution in [2.75, 3.05) is 0 Å². The molecule has 4 rings (SSSR count). The standard InChI is InChI=1S/C20H30O/c1-18-9-4-5-16(18)15-7-6-14-13-19(2,21)11-12-20(14,3)17(15)8-10-18/h4,6,9,15-17,21H,5,7-8,10-13H2,1-3H3/t15?,16?,17?,18?,19-,20?/m0/s1. The van der Waals surface area contributed by atoms with E-state index in [9.17, 15) is 5.11 Å². The lowest BCUT2D eigenvalue weighted by Crippen LogP contribution is -2.50. The van der Waals surface area contributed by atoms with Gasteiger partial charge in [-0.25, -0.2) is 0 Å². The summed E-state index contributed by atoms with van der Waals surface area (Å²) in [7, 11) is 0. The fourth-order valence-electron chi connectivity index (χ4n) is 6.29. The van der Waals surface area contributed by atoms with Gasteiger partial charge in [-0.15, -0.1) is 0 Å². The maximum Gasteiger partial charge on any atom is 0.0657 e. The minimum absolute atomic E-state index is 0.370. The molecule has 6 atom stereocenters. The van der Waals surface area contributed by atoms with Crippen LogP contribution in [-0.4, -0.2) is 10.7 Å². The Bertz CT molecular complexity index is 514. The van der Waals surface area contributed by atoms with Gasteiger partial charge in [0.05, 0.1) is 5.60 Å². The van der Waals surface area contributed by atoms with Crippen molar-refractivity contribution in [3.05, 3.63) is 23.8 Å². The molecule has 4 aliphatic carbocycles. The molecule has 0 aromatic rings. The molecule has 116 valence electrons. The molecule has 0 heterocycles. The Morgan fingerprint density at radius 2 is 1.86 bits per heavy atom. The van der Waals surface area contributed by atoms with E-state index in [1.807, 2.05) is 6.92 Å². The van der Waals surface area contributed by atoms with Gasteiger partial charge in [0.15, 0.2) is 0 Å². The van der Waals surface area contributed by atoms with Gasteiger partial charge in [-0.3, -0.25) is 0 Å². The summed E-state index contributed by atoms with van der Waals surface area (Å²) < 4.78 is 0. The third kappa shape index (κ3) is 1.92. The van der Waals surface area contributed by atoms with Crippen LogP contribution < -0.4 is 0 Å². The van der Waals surface area contributed by atoms with Crippen LogP contribution in [0.1, 0.15) is 65.7 Å². The lowest BCUT2D eigenvalue weighted by Gasteiger charge is -2.58. The van der Waals surface area contributed by atoms with Crippen molar-refractivity contribution in [3.8, 4) is 0 Å². The number of hydrogen-bond donors (Lipinski definition) is 1. The van der Waals surface area contributed by atoms with Crippen molar-refractivity contribution in [1.29, 1.82) is 0 Å². The van der Waals surface area contributed by atoms with Gasteiger partial charge >= 0.3 is 0 Å². The molecule has 5 unspecified atom stereocenters. The summed E-state index contributed by atoms with van der Waals surface area (Å²) in [6.07, 6.45) is 15.9. The highest BCUT2D eigenvalue weighted by Gasteiger charge is 2.55. The molecule has 4 aliphatic rings. The molecular formula is C20H30O. The van der Waals surface area contributed by atoms with Crippen LogP contribution in [0.5, 0.6) is 0 Å². The Morgan fingerprint density at radius 1 is 1.05 bits per heavy atom. The smallest absolute Gasteiger partial charge is 0.0657 e. The quantitative estimate of drug-likeness (QED) is 0.630. The van der Waals surface area contributed by atoms with E-state index in [4.69, 9.17) is 0 Å². The average molecular weight is 286 g/mol. The van der Waals surface area contributed by atoms with Gasteiger partial charge in [0.1, 0.15) is 0 Å². The fourth-order valence-corrected chi connectivity index (χ4v) is 6.29. The van der Waals surface area contributed by atoms with E-state index in [0.717, 1.165) is 30.6 Å². The highest BCUT2D eigenvalue weighted by molar-refractivity contribution is 5.27. The molecule has 0 saturated heterocycles. The lowest BCUT2D eigenvalue weighted by atomic mass is 9.47. The van der Waals surface area contributed by atoms with E-state index < -0.39 is 5.60 Å². The summed E-state index contributed by atoms with van der Waals surface area (Å²) in [6.45, 7) is 7.03. The first kappa shape index (κ1) is 14.1. The highest BCUT2D eigenvalue weighted by Crippen LogP contribution is 2.64. The minimum Gasteiger partial charge on any atom is -0.390 e. The van der Waals surface area contributed by atoms with Crippen LogP contribution in [0.25, 0.3) is 0 Å². The zero-order chi connectivity index (χ0) is 14.9. The summed E-state index contributed by atoms with van der Waals surface area (Å²) in [5, 5.41) is 10.5. The number of hydrogen-bond acceptors (Lipinski definition) is 1. The Hall–Kier alpha value is -0.560. The predicted molar refractivity (Wildman–Crippen MR) is 86.8 cm³/mol. The molecule has 0 spiro atoms. The van der Waals surface area contributed by atoms with Crippen molar-refractivity contribution in [2.24, 2.45) is 28.6 Å². The molecule has 1 heteroatoms. The summed E-state index contributed by atoms with van der Waals surface area (Å²) in [5.41, 5.74) is 1.96. The van der Waals surface area contributed by atoms with Gasteiger partial charge < -0.3 is 5.11 Å². The second-order valence-electron chi connectivity index (χ2n) is 9.12. The van der Waals surface area contributed by atoms with Gasteiger partial charge in [-0.1, -0.05) is 37.6 Å². The van der Waals surface area contributed by atoms with E-state index in [0.29, 0.717) is 10.8 Å². The maximum atomic E-state index is 10.5. The molecule has 0 amide bonds. The zero-order valence-electron chi connectivity index (χ0n) is 13.9. The molecule has 0 aromatic carbocycles. The lowest BCUT2D eigenvalue weighted by molar-refractivity contribution is -0.0501. The second-order valence-corrected chi connectivity index (χ2v) is 9.12. The maximum absolute atomic E-state index is 10.5. The van der Waals surface area contributed by atoms with Crippen LogP contribution in [0.15, 0.2) is 23.8 Å². The second kappa shape index (κ2) is 4.25. The van der Waals surface area contributed by atoms with E-state index in [1.54, 1.807) is 5.57 Å². The third-order valence-corrected chi connectivity index (χ3v) is 7.71. The van der Waals surface area contributed by atoms with Crippen LogP contribution in [0.3, 0.4) is 0 Å². The van der Waals surface area contributed by atoms with E-state index >= 15 is 0 Å². The number of allylic oxidation sites excluding steroid dienone is 3. The van der Waals surface area contributed by atoms with Crippen LogP contribution in [0.2, 0.25) is 0 Å². The molecule has 0 aromatic heterocycles. The van der Waals surface area contributed by atoms with E-state index in [-0.39, 0.29) is 0 Å². The molecule has 2 fully saturated rings. The monoisotopic (exact) mass is 286 g/mol. The summed E-state index contributed by atoms with van der Waals surface area (Å²) in [6, 6.07) is 0. The first-order chi connectivity index (χ1) is 9.84. The molecule has 0 bridgehead atoms. The summed E-state index contributed by atoms with van der Waals surface area (Å²) in [5.74, 6) is 2.59. The molecule has 1 nitrogen and oxygen atoms in total. The first-order valence-corrected chi connectivity index (χ1v) is 8.94. The van der Waals surface area contributed by atoms with Gasteiger partial charge in [-0.05, 0) is 80.5 Å². The Balaban J connectivity index is 1.68. The topological polar surface area (TPSA) is 20.2 Å². The van der Waals surface area contributed by atoms with Crippen molar-refractivity contribution >= 4 is 0 Å². The van der Waals surface area contributed by atoms with Crippen molar-refractivity contribution < 1.29 is 5.11 Å². The number of fused-ring (bicyclic) bond motifs is 5. The average Bonchev–Trinajstić information content (AvgIpc) is 2.81. The van der Waals surface area contributed by atoms with E-state index in [2.05, 4.69) is 32.1 Å². The van der Waals surface area contributed by atoms with Crippen LogP contribution in [-0.2, 0) is 0 Å². The largest absolute Gasteiger partial charge is 0.390 e. The first-order valence-electron chi connectivity index (χ1n) is 8.94. The summed E-state index contributed by atoms with van der Waals surface area (Å²) >= 11 is 0. The molecule has 21 heavy (non-hydrogen) atoms. The molecule has 2 saturated carbocycles. The van der Waals surface area contributed by atoms with Gasteiger partial charge in [-0.2, -0.15) is 0 Å². The third-order valence-electron chi connectivity index (χ3n) is 7.71. The fraction of sp³-hybridized carbons (Fsp3) is 0.800. The summed E-state index contributed by atoms with van der Waals surface area (Å²) in [4.78, 5) is 0. The van der Waals surface area contributed by atoms with E-state index in [1.165, 1.54) is 32.1 Å².